The molecule has 0 spiro atoms. The molecular weight excluding hydrogens is 630 g/mol. The fourth-order valence-electron chi connectivity index (χ4n) is 6.06. The zero-order valence-electron chi connectivity index (χ0n) is 27.2. The molecule has 4 aromatic rings. The topological polar surface area (TPSA) is 86.8 Å². The van der Waals surface area contributed by atoms with Crippen molar-refractivity contribution in [3.8, 4) is 0 Å². The highest BCUT2D eigenvalue weighted by Crippen LogP contribution is 2.30. The Bertz CT molecular complexity index is 1790. The van der Waals surface area contributed by atoms with Gasteiger partial charge in [0.15, 0.2) is 0 Å². The average Bonchev–Trinajstić information content (AvgIpc) is 3.57. The highest BCUT2D eigenvalue weighted by molar-refractivity contribution is 7.92. The molecule has 0 unspecified atom stereocenters. The van der Waals surface area contributed by atoms with Gasteiger partial charge in [-0.25, -0.2) is 8.42 Å². The number of nitrogens with zero attached hydrogens (tertiary/aromatic N) is 2. The molecule has 246 valence electrons. The summed E-state index contributed by atoms with van der Waals surface area (Å²) < 4.78 is 29.9. The van der Waals surface area contributed by atoms with E-state index in [0.717, 1.165) is 53.5 Å². The van der Waals surface area contributed by atoms with Crippen LogP contribution in [0.2, 0.25) is 5.02 Å². The van der Waals surface area contributed by atoms with Crippen LogP contribution in [0.5, 0.6) is 0 Å². The summed E-state index contributed by atoms with van der Waals surface area (Å²) in [6.07, 6.45) is 4.15. The lowest BCUT2D eigenvalue weighted by Crippen LogP contribution is -2.54. The molecule has 1 aliphatic rings. The fraction of sp³-hybridized carbons (Fsp3) is 0.316. The number of hydrogen-bond donors (Lipinski definition) is 1. The number of carbonyl (C=O) groups is 2. The van der Waals surface area contributed by atoms with E-state index in [-0.39, 0.29) is 29.8 Å². The fourth-order valence-corrected chi connectivity index (χ4v) is 7.66. The van der Waals surface area contributed by atoms with Crippen LogP contribution in [0.4, 0.5) is 5.69 Å². The molecule has 1 aliphatic carbocycles. The zero-order chi connectivity index (χ0) is 33.6. The Kier molecular flexibility index (Phi) is 11.0. The summed E-state index contributed by atoms with van der Waals surface area (Å²) in [6.45, 7) is 5.26. The summed E-state index contributed by atoms with van der Waals surface area (Å²) in [5.41, 5.74) is 4.65. The van der Waals surface area contributed by atoms with Gasteiger partial charge in [0.25, 0.3) is 10.0 Å². The van der Waals surface area contributed by atoms with Gasteiger partial charge >= 0.3 is 0 Å². The van der Waals surface area contributed by atoms with Crippen LogP contribution in [0.15, 0.2) is 102 Å². The molecule has 0 saturated heterocycles. The highest BCUT2D eigenvalue weighted by atomic mass is 35.5. The van der Waals surface area contributed by atoms with Crippen LogP contribution in [0.1, 0.15) is 53.5 Å². The van der Waals surface area contributed by atoms with Gasteiger partial charge < -0.3 is 10.2 Å². The average molecular weight is 672 g/mol. The first-order valence-electron chi connectivity index (χ1n) is 16.1. The molecule has 0 bridgehead atoms. The van der Waals surface area contributed by atoms with Gasteiger partial charge in [-0.3, -0.25) is 13.9 Å². The molecule has 0 radical (unpaired) electrons. The van der Waals surface area contributed by atoms with Gasteiger partial charge in [-0.1, -0.05) is 96.7 Å². The van der Waals surface area contributed by atoms with Crippen molar-refractivity contribution in [3.05, 3.63) is 130 Å². The minimum atomic E-state index is -4.17. The van der Waals surface area contributed by atoms with Gasteiger partial charge in [0, 0.05) is 24.0 Å². The number of carbonyl (C=O) groups excluding carboxylic acids is 2. The maximum absolute atomic E-state index is 14.7. The van der Waals surface area contributed by atoms with E-state index in [1.807, 2.05) is 69.3 Å². The first-order chi connectivity index (χ1) is 22.5. The summed E-state index contributed by atoms with van der Waals surface area (Å²) in [4.78, 5) is 30.5. The molecule has 5 rings (SSSR count). The summed E-state index contributed by atoms with van der Waals surface area (Å²) in [6, 6.07) is 27.9. The van der Waals surface area contributed by atoms with Crippen molar-refractivity contribution in [1.29, 1.82) is 0 Å². The molecular formula is C38H42ClN3O4S. The maximum atomic E-state index is 14.7. The van der Waals surface area contributed by atoms with Gasteiger partial charge in [0.05, 0.1) is 10.6 Å². The van der Waals surface area contributed by atoms with Crippen LogP contribution in [0, 0.1) is 20.8 Å². The third-order valence-electron chi connectivity index (χ3n) is 8.97. The molecule has 1 N–H and O–H groups in total. The van der Waals surface area contributed by atoms with Crippen LogP contribution in [0.3, 0.4) is 0 Å². The van der Waals surface area contributed by atoms with E-state index in [2.05, 4.69) is 5.32 Å². The van der Waals surface area contributed by atoms with Crippen LogP contribution >= 0.6 is 11.6 Å². The van der Waals surface area contributed by atoms with Gasteiger partial charge in [0.2, 0.25) is 11.8 Å². The predicted molar refractivity (Wildman–Crippen MR) is 188 cm³/mol. The Morgan fingerprint density at radius 1 is 0.830 bits per heavy atom. The lowest BCUT2D eigenvalue weighted by Gasteiger charge is -2.34. The number of nitrogens with one attached hydrogen (secondary N) is 1. The number of hydrogen-bond acceptors (Lipinski definition) is 4. The number of aryl methyl sites for hydroxylation is 2. The first-order valence-corrected chi connectivity index (χ1v) is 17.9. The number of benzene rings is 4. The van der Waals surface area contributed by atoms with Crippen molar-refractivity contribution in [2.45, 2.75) is 76.4 Å². The minimum Gasteiger partial charge on any atom is -0.352 e. The van der Waals surface area contributed by atoms with E-state index in [1.54, 1.807) is 48.5 Å². The van der Waals surface area contributed by atoms with E-state index in [9.17, 15) is 18.0 Å². The number of anilines is 1. The first kappa shape index (κ1) is 34.2. The lowest BCUT2D eigenvalue weighted by atomic mass is 10.0. The second kappa shape index (κ2) is 15.2. The quantitative estimate of drug-likeness (QED) is 0.173. The molecule has 2 amide bonds. The summed E-state index contributed by atoms with van der Waals surface area (Å²) in [5, 5.41) is 3.76. The molecule has 7 nitrogen and oxygen atoms in total. The smallest absolute Gasteiger partial charge is 0.264 e. The van der Waals surface area contributed by atoms with Crippen LogP contribution < -0.4 is 9.62 Å². The van der Waals surface area contributed by atoms with Gasteiger partial charge in [-0.15, -0.1) is 0 Å². The predicted octanol–water partition coefficient (Wildman–Crippen LogP) is 7.16. The van der Waals surface area contributed by atoms with Gasteiger partial charge in [0.1, 0.15) is 12.6 Å². The van der Waals surface area contributed by atoms with Crippen molar-refractivity contribution < 1.29 is 18.0 Å². The molecule has 0 heterocycles. The van der Waals surface area contributed by atoms with Crippen molar-refractivity contribution >= 4 is 39.1 Å². The summed E-state index contributed by atoms with van der Waals surface area (Å²) in [5.74, 6) is -0.734. The standard InChI is InChI=1S/C38H42ClN3O4S/c1-27-16-22-34(23-17-27)47(45,46)42(35-15-9-10-28(2)29(35)3)26-37(43)41(25-31-18-20-32(39)21-19-31)36(24-30-11-5-4-6-12-30)38(44)40-33-13-7-8-14-33/h4-6,9-12,15-23,33,36H,7-8,13-14,24-26H2,1-3H3,(H,40,44)/t36-/m0/s1. The van der Waals surface area contributed by atoms with Gasteiger partial charge in [-0.05, 0) is 86.2 Å². The summed E-state index contributed by atoms with van der Waals surface area (Å²) >= 11 is 6.19. The zero-order valence-corrected chi connectivity index (χ0v) is 28.7. The lowest BCUT2D eigenvalue weighted by molar-refractivity contribution is -0.140. The highest BCUT2D eigenvalue weighted by Gasteiger charge is 2.36. The van der Waals surface area contributed by atoms with Crippen molar-refractivity contribution in [2.75, 3.05) is 10.8 Å². The van der Waals surface area contributed by atoms with Crippen molar-refractivity contribution in [2.24, 2.45) is 0 Å². The van der Waals surface area contributed by atoms with E-state index in [4.69, 9.17) is 11.6 Å². The van der Waals surface area contributed by atoms with E-state index >= 15 is 0 Å². The minimum absolute atomic E-state index is 0.0432. The summed E-state index contributed by atoms with van der Waals surface area (Å²) in [7, 11) is -4.17. The number of amides is 2. The Morgan fingerprint density at radius 2 is 1.49 bits per heavy atom. The Morgan fingerprint density at radius 3 is 2.15 bits per heavy atom. The molecule has 1 atom stereocenters. The van der Waals surface area contributed by atoms with E-state index in [1.165, 1.54) is 9.21 Å². The molecule has 47 heavy (non-hydrogen) atoms. The Balaban J connectivity index is 1.58. The van der Waals surface area contributed by atoms with Crippen LogP contribution in [-0.4, -0.2) is 43.8 Å². The van der Waals surface area contributed by atoms with Gasteiger partial charge in [-0.2, -0.15) is 0 Å². The molecule has 1 fully saturated rings. The number of rotatable bonds is 12. The normalized spacial score (nSPS) is 14.0. The molecule has 0 aliphatic heterocycles. The Hall–Kier alpha value is -4.14. The molecule has 9 heteroatoms. The van der Waals surface area contributed by atoms with Crippen LogP contribution in [-0.2, 0) is 32.6 Å². The Labute approximate surface area is 283 Å². The second-order valence-corrected chi connectivity index (χ2v) is 14.7. The largest absolute Gasteiger partial charge is 0.352 e. The molecule has 4 aromatic carbocycles. The van der Waals surface area contributed by atoms with Crippen LogP contribution in [0.25, 0.3) is 0 Å². The third-order valence-corrected chi connectivity index (χ3v) is 11.0. The SMILES string of the molecule is Cc1ccc(S(=O)(=O)N(CC(=O)N(Cc2ccc(Cl)cc2)[C@@H](Cc2ccccc2)C(=O)NC2CCCC2)c2cccc(C)c2C)cc1. The number of sulfonamides is 1. The van der Waals surface area contributed by atoms with Crippen molar-refractivity contribution in [3.63, 3.8) is 0 Å². The maximum Gasteiger partial charge on any atom is 0.264 e. The number of halogens is 1. The second-order valence-electron chi connectivity index (χ2n) is 12.4. The molecule has 1 saturated carbocycles. The monoisotopic (exact) mass is 671 g/mol. The van der Waals surface area contributed by atoms with Crippen molar-refractivity contribution in [1.82, 2.24) is 10.2 Å². The van der Waals surface area contributed by atoms with E-state index < -0.39 is 28.5 Å². The third kappa shape index (κ3) is 8.42. The van der Waals surface area contributed by atoms with E-state index in [0.29, 0.717) is 10.7 Å². The molecule has 0 aromatic heterocycles.